The first-order chi connectivity index (χ1) is 14.4. The Labute approximate surface area is 175 Å². The highest BCUT2D eigenvalue weighted by Gasteiger charge is 2.52. The number of ether oxygens (including phenoxy) is 1. The molecule has 1 aliphatic heterocycles. The lowest BCUT2D eigenvalue weighted by atomic mass is 9.75. The van der Waals surface area contributed by atoms with Gasteiger partial charge in [-0.25, -0.2) is 4.79 Å². The summed E-state index contributed by atoms with van der Waals surface area (Å²) < 4.78 is 4.94. The SMILES string of the molecule is CCC1CCC2(CC1)NC(=O)N(CC(=O)OCC(=O)N(CCC#N)CCC#N)C2=O. The van der Waals surface area contributed by atoms with E-state index in [9.17, 15) is 19.2 Å². The molecule has 1 heterocycles. The fourth-order valence-corrected chi connectivity index (χ4v) is 3.88. The molecule has 2 aliphatic rings. The smallest absolute Gasteiger partial charge is 0.326 e. The summed E-state index contributed by atoms with van der Waals surface area (Å²) in [5, 5.41) is 20.1. The maximum absolute atomic E-state index is 12.8. The van der Waals surface area contributed by atoms with Crippen molar-refractivity contribution in [3.05, 3.63) is 0 Å². The number of nitrogens with zero attached hydrogens (tertiary/aromatic N) is 4. The lowest BCUT2D eigenvalue weighted by Gasteiger charge is -2.34. The molecule has 0 radical (unpaired) electrons. The zero-order chi connectivity index (χ0) is 22.1. The van der Waals surface area contributed by atoms with E-state index in [1.165, 1.54) is 4.90 Å². The van der Waals surface area contributed by atoms with Crippen LogP contribution in [0.25, 0.3) is 0 Å². The van der Waals surface area contributed by atoms with Crippen LogP contribution in [0.2, 0.25) is 0 Å². The highest BCUT2D eigenvalue weighted by molar-refractivity contribution is 6.08. The van der Waals surface area contributed by atoms with Gasteiger partial charge in [-0.2, -0.15) is 10.5 Å². The van der Waals surface area contributed by atoms with Crippen LogP contribution in [0, 0.1) is 28.6 Å². The maximum Gasteiger partial charge on any atom is 0.326 e. The number of hydrogen-bond donors (Lipinski definition) is 1. The molecule has 10 nitrogen and oxygen atoms in total. The molecule has 1 saturated heterocycles. The van der Waals surface area contributed by atoms with Crippen molar-refractivity contribution in [1.29, 1.82) is 10.5 Å². The summed E-state index contributed by atoms with van der Waals surface area (Å²) >= 11 is 0. The molecule has 1 aliphatic carbocycles. The minimum atomic E-state index is -0.940. The van der Waals surface area contributed by atoms with Crippen molar-refractivity contribution in [3.63, 3.8) is 0 Å². The van der Waals surface area contributed by atoms with Gasteiger partial charge in [0.15, 0.2) is 6.61 Å². The second kappa shape index (κ2) is 10.6. The van der Waals surface area contributed by atoms with Crippen LogP contribution in [-0.2, 0) is 19.1 Å². The van der Waals surface area contributed by atoms with Crippen LogP contribution in [0.4, 0.5) is 4.79 Å². The monoisotopic (exact) mass is 417 g/mol. The van der Waals surface area contributed by atoms with Crippen molar-refractivity contribution >= 4 is 23.8 Å². The summed E-state index contributed by atoms with van der Waals surface area (Å²) in [6.45, 7) is 1.21. The Morgan fingerprint density at radius 3 is 2.33 bits per heavy atom. The first-order valence-corrected chi connectivity index (χ1v) is 10.2. The first-order valence-electron chi connectivity index (χ1n) is 10.2. The highest BCUT2D eigenvalue weighted by Crippen LogP contribution is 2.37. The third-order valence-corrected chi connectivity index (χ3v) is 5.77. The molecule has 0 aromatic carbocycles. The van der Waals surface area contributed by atoms with Gasteiger partial charge in [-0.05, 0) is 31.6 Å². The minimum Gasteiger partial charge on any atom is -0.454 e. The van der Waals surface area contributed by atoms with E-state index in [2.05, 4.69) is 12.2 Å². The molecule has 0 aromatic heterocycles. The molecule has 2 fully saturated rings. The summed E-state index contributed by atoms with van der Waals surface area (Å²) in [6, 6.07) is 3.21. The van der Waals surface area contributed by atoms with Crippen molar-refractivity contribution in [2.75, 3.05) is 26.2 Å². The van der Waals surface area contributed by atoms with Crippen molar-refractivity contribution in [1.82, 2.24) is 15.1 Å². The number of carbonyl (C=O) groups excluding carboxylic acids is 4. The topological polar surface area (TPSA) is 144 Å². The average Bonchev–Trinajstić information content (AvgIpc) is 2.96. The number of esters is 1. The molecule has 10 heteroatoms. The zero-order valence-corrected chi connectivity index (χ0v) is 17.2. The summed E-state index contributed by atoms with van der Waals surface area (Å²) in [5.74, 6) is -1.29. The summed E-state index contributed by atoms with van der Waals surface area (Å²) in [4.78, 5) is 51.5. The Morgan fingerprint density at radius 1 is 1.20 bits per heavy atom. The Hall–Kier alpha value is -3.14. The van der Waals surface area contributed by atoms with Crippen molar-refractivity contribution in [2.45, 2.75) is 57.4 Å². The molecular formula is C20H27N5O5. The molecule has 30 heavy (non-hydrogen) atoms. The van der Waals surface area contributed by atoms with Gasteiger partial charge in [0.25, 0.3) is 11.8 Å². The van der Waals surface area contributed by atoms with E-state index in [0.29, 0.717) is 18.8 Å². The molecule has 0 aromatic rings. The van der Waals surface area contributed by atoms with E-state index >= 15 is 0 Å². The predicted octanol–water partition coefficient (Wildman–Crippen LogP) is 1.08. The van der Waals surface area contributed by atoms with Crippen molar-refractivity contribution in [2.24, 2.45) is 5.92 Å². The quantitative estimate of drug-likeness (QED) is 0.436. The fraction of sp³-hybridized carbons (Fsp3) is 0.700. The van der Waals surface area contributed by atoms with E-state index in [1.807, 2.05) is 12.1 Å². The Balaban J connectivity index is 1.87. The summed E-state index contributed by atoms with van der Waals surface area (Å²) in [5.41, 5.74) is -0.940. The predicted molar refractivity (Wildman–Crippen MR) is 103 cm³/mol. The van der Waals surface area contributed by atoms with Crippen LogP contribution >= 0.6 is 0 Å². The van der Waals surface area contributed by atoms with Gasteiger partial charge in [-0.15, -0.1) is 0 Å². The molecule has 1 spiro atoms. The number of nitrogens with one attached hydrogen (secondary N) is 1. The van der Waals surface area contributed by atoms with Gasteiger partial charge in [-0.3, -0.25) is 19.3 Å². The van der Waals surface area contributed by atoms with Gasteiger partial charge in [0.1, 0.15) is 12.1 Å². The van der Waals surface area contributed by atoms with Crippen LogP contribution < -0.4 is 5.32 Å². The summed E-state index contributed by atoms with van der Waals surface area (Å²) in [7, 11) is 0. The maximum atomic E-state index is 12.8. The Kier molecular flexibility index (Phi) is 8.16. The fourth-order valence-electron chi connectivity index (χ4n) is 3.88. The lowest BCUT2D eigenvalue weighted by Crippen LogP contribution is -2.49. The van der Waals surface area contributed by atoms with E-state index in [1.54, 1.807) is 0 Å². The van der Waals surface area contributed by atoms with Crippen LogP contribution in [0.3, 0.4) is 0 Å². The number of rotatable bonds is 9. The standard InChI is InChI=1S/C20H27N5O5/c1-2-15-5-7-20(8-6-15)18(28)25(19(29)23-20)13-17(27)30-14-16(26)24(11-3-9-21)12-4-10-22/h15H,2-8,11-14H2,1H3,(H,23,29). The molecule has 0 atom stereocenters. The van der Waals surface area contributed by atoms with Crippen LogP contribution in [-0.4, -0.2) is 65.4 Å². The minimum absolute atomic E-state index is 0.0918. The number of nitriles is 2. The lowest BCUT2D eigenvalue weighted by molar-refractivity contribution is -0.154. The number of imide groups is 1. The number of carbonyl (C=O) groups is 4. The second-order valence-corrected chi connectivity index (χ2v) is 7.61. The van der Waals surface area contributed by atoms with E-state index in [-0.39, 0.29) is 25.9 Å². The van der Waals surface area contributed by atoms with Crippen LogP contribution in [0.15, 0.2) is 0 Å². The van der Waals surface area contributed by atoms with Gasteiger partial charge in [0, 0.05) is 13.1 Å². The van der Waals surface area contributed by atoms with Crippen LogP contribution in [0.1, 0.15) is 51.9 Å². The average molecular weight is 417 g/mol. The highest BCUT2D eigenvalue weighted by atomic mass is 16.5. The van der Waals surface area contributed by atoms with Crippen molar-refractivity contribution in [3.8, 4) is 12.1 Å². The van der Waals surface area contributed by atoms with E-state index < -0.39 is 42.5 Å². The Bertz CT molecular complexity index is 743. The molecule has 1 saturated carbocycles. The molecule has 162 valence electrons. The number of hydrogen-bond acceptors (Lipinski definition) is 7. The molecular weight excluding hydrogens is 390 g/mol. The first kappa shape index (κ1) is 23.1. The molecule has 1 N–H and O–H groups in total. The molecule has 4 amide bonds. The van der Waals surface area contributed by atoms with Gasteiger partial charge in [0.05, 0.1) is 25.0 Å². The largest absolute Gasteiger partial charge is 0.454 e. The van der Waals surface area contributed by atoms with Gasteiger partial charge >= 0.3 is 12.0 Å². The van der Waals surface area contributed by atoms with E-state index in [0.717, 1.165) is 24.2 Å². The van der Waals surface area contributed by atoms with Gasteiger partial charge in [0.2, 0.25) is 0 Å². The van der Waals surface area contributed by atoms with Gasteiger partial charge in [-0.1, -0.05) is 13.3 Å². The zero-order valence-electron chi connectivity index (χ0n) is 17.2. The molecule has 0 unspecified atom stereocenters. The normalized spacial score (nSPS) is 22.9. The van der Waals surface area contributed by atoms with Crippen molar-refractivity contribution < 1.29 is 23.9 Å². The van der Waals surface area contributed by atoms with Crippen LogP contribution in [0.5, 0.6) is 0 Å². The number of amides is 4. The third-order valence-electron chi connectivity index (χ3n) is 5.77. The second-order valence-electron chi connectivity index (χ2n) is 7.61. The number of urea groups is 1. The molecule has 2 rings (SSSR count). The third kappa shape index (κ3) is 5.47. The Morgan fingerprint density at radius 2 is 1.80 bits per heavy atom. The molecule has 0 bridgehead atoms. The van der Waals surface area contributed by atoms with Gasteiger partial charge < -0.3 is 15.0 Å². The van der Waals surface area contributed by atoms with E-state index in [4.69, 9.17) is 15.3 Å². The summed E-state index contributed by atoms with van der Waals surface area (Å²) in [6.07, 6.45) is 4.00.